The zero-order valence-electron chi connectivity index (χ0n) is 11.1. The van der Waals surface area contributed by atoms with E-state index in [9.17, 15) is 4.79 Å². The van der Waals surface area contributed by atoms with E-state index in [0.717, 1.165) is 43.9 Å². The fourth-order valence-electron chi connectivity index (χ4n) is 2.43. The van der Waals surface area contributed by atoms with Crippen LogP contribution in [-0.4, -0.2) is 42.0 Å². The maximum absolute atomic E-state index is 11.4. The fraction of sp³-hybridized carbons (Fsp3) is 0.429. The predicted molar refractivity (Wildman–Crippen MR) is 81.4 cm³/mol. The molecule has 0 saturated carbocycles. The van der Waals surface area contributed by atoms with E-state index in [1.54, 1.807) is 6.92 Å². The number of thiocarbonyl (C=S) groups is 1. The zero-order chi connectivity index (χ0) is 13.8. The molecule has 4 nitrogen and oxygen atoms in total. The van der Waals surface area contributed by atoms with Crippen molar-refractivity contribution in [3.63, 3.8) is 0 Å². The second-order valence-electron chi connectivity index (χ2n) is 4.73. The smallest absolute Gasteiger partial charge is 0.219 e. The summed E-state index contributed by atoms with van der Waals surface area (Å²) in [5, 5.41) is 0. The molecule has 0 unspecified atom stereocenters. The number of hydrogen-bond donors (Lipinski definition) is 1. The molecule has 5 heteroatoms. The molecule has 0 spiro atoms. The molecule has 1 heterocycles. The SMILES string of the molecule is CC(=O)N1CCCN(c2ccccc2C(N)=S)CC1. The number of nitrogens with two attached hydrogens (primary N) is 1. The molecule has 19 heavy (non-hydrogen) atoms. The number of amides is 1. The molecule has 0 atom stereocenters. The van der Waals surface area contributed by atoms with Crippen LogP contribution >= 0.6 is 12.2 Å². The predicted octanol–water partition coefficient (Wildman–Crippen LogP) is 1.38. The lowest BCUT2D eigenvalue weighted by Crippen LogP contribution is -2.34. The van der Waals surface area contributed by atoms with Gasteiger partial charge in [-0.2, -0.15) is 0 Å². The van der Waals surface area contributed by atoms with Gasteiger partial charge in [-0.3, -0.25) is 4.79 Å². The van der Waals surface area contributed by atoms with Crippen molar-refractivity contribution in [2.45, 2.75) is 13.3 Å². The summed E-state index contributed by atoms with van der Waals surface area (Å²) in [6, 6.07) is 7.92. The van der Waals surface area contributed by atoms with E-state index >= 15 is 0 Å². The average Bonchev–Trinajstić information content (AvgIpc) is 2.64. The molecule has 2 N–H and O–H groups in total. The second-order valence-corrected chi connectivity index (χ2v) is 5.17. The molecule has 0 bridgehead atoms. The third kappa shape index (κ3) is 3.23. The topological polar surface area (TPSA) is 49.6 Å². The van der Waals surface area contributed by atoms with Gasteiger partial charge in [-0.15, -0.1) is 0 Å². The van der Waals surface area contributed by atoms with E-state index in [4.69, 9.17) is 18.0 Å². The summed E-state index contributed by atoms with van der Waals surface area (Å²) in [6.45, 7) is 4.93. The minimum Gasteiger partial charge on any atom is -0.389 e. The molecule has 0 aliphatic carbocycles. The first kappa shape index (κ1) is 13.8. The Kier molecular flexibility index (Phi) is 4.37. The second kappa shape index (κ2) is 6.02. The Balaban J connectivity index is 2.19. The van der Waals surface area contributed by atoms with Crippen molar-refractivity contribution < 1.29 is 4.79 Å². The van der Waals surface area contributed by atoms with Crippen LogP contribution in [0.5, 0.6) is 0 Å². The van der Waals surface area contributed by atoms with Crippen molar-refractivity contribution in [3.05, 3.63) is 29.8 Å². The highest BCUT2D eigenvalue weighted by Crippen LogP contribution is 2.21. The molecule has 1 fully saturated rings. The van der Waals surface area contributed by atoms with Crippen molar-refractivity contribution in [1.29, 1.82) is 0 Å². The minimum atomic E-state index is 0.143. The largest absolute Gasteiger partial charge is 0.389 e. The fourth-order valence-corrected chi connectivity index (χ4v) is 2.60. The molecular weight excluding hydrogens is 258 g/mol. The lowest BCUT2D eigenvalue weighted by atomic mass is 10.1. The van der Waals surface area contributed by atoms with Crippen LogP contribution in [0.2, 0.25) is 0 Å². The summed E-state index contributed by atoms with van der Waals surface area (Å²) in [6.07, 6.45) is 0.964. The van der Waals surface area contributed by atoms with Crippen LogP contribution in [0, 0.1) is 0 Å². The van der Waals surface area contributed by atoms with Crippen molar-refractivity contribution in [3.8, 4) is 0 Å². The average molecular weight is 277 g/mol. The molecule has 1 aliphatic heterocycles. The van der Waals surface area contributed by atoms with Gasteiger partial charge in [-0.25, -0.2) is 0 Å². The molecule has 1 aromatic rings. The summed E-state index contributed by atoms with van der Waals surface area (Å²) in [5.41, 5.74) is 7.76. The van der Waals surface area contributed by atoms with Crippen molar-refractivity contribution in [1.82, 2.24) is 4.90 Å². The highest BCUT2D eigenvalue weighted by atomic mass is 32.1. The molecule has 0 aromatic heterocycles. The first-order valence-corrected chi connectivity index (χ1v) is 6.89. The van der Waals surface area contributed by atoms with E-state index in [-0.39, 0.29) is 5.91 Å². The molecule has 2 rings (SSSR count). The number of carbonyl (C=O) groups excluding carboxylic acids is 1. The number of hydrogen-bond acceptors (Lipinski definition) is 3. The molecule has 1 aliphatic rings. The van der Waals surface area contributed by atoms with Crippen LogP contribution in [0.3, 0.4) is 0 Å². The number of benzene rings is 1. The van der Waals surface area contributed by atoms with Gasteiger partial charge in [0.2, 0.25) is 5.91 Å². The Hall–Kier alpha value is -1.62. The summed E-state index contributed by atoms with van der Waals surface area (Å²) in [7, 11) is 0. The van der Waals surface area contributed by atoms with Crippen molar-refractivity contribution in [2.24, 2.45) is 5.73 Å². The van der Waals surface area contributed by atoms with Gasteiger partial charge in [0.05, 0.1) is 0 Å². The third-order valence-electron chi connectivity index (χ3n) is 3.45. The van der Waals surface area contributed by atoms with Crippen LogP contribution in [0.15, 0.2) is 24.3 Å². The summed E-state index contributed by atoms with van der Waals surface area (Å²) < 4.78 is 0. The Bertz CT molecular complexity index is 489. The number of rotatable bonds is 2. The van der Waals surface area contributed by atoms with E-state index in [0.29, 0.717) is 4.99 Å². The Labute approximate surface area is 119 Å². The molecule has 1 aromatic carbocycles. The van der Waals surface area contributed by atoms with Crippen LogP contribution in [0.1, 0.15) is 18.9 Å². The Morgan fingerprint density at radius 3 is 2.63 bits per heavy atom. The first-order valence-electron chi connectivity index (χ1n) is 6.49. The van der Waals surface area contributed by atoms with Gasteiger partial charge in [0.1, 0.15) is 4.99 Å². The zero-order valence-corrected chi connectivity index (χ0v) is 11.9. The molecular formula is C14H19N3OS. The van der Waals surface area contributed by atoms with E-state index < -0.39 is 0 Å². The van der Waals surface area contributed by atoms with Gasteiger partial charge in [-0.1, -0.05) is 24.4 Å². The molecule has 0 radical (unpaired) electrons. The van der Waals surface area contributed by atoms with Gasteiger partial charge in [0, 0.05) is 44.4 Å². The van der Waals surface area contributed by atoms with Gasteiger partial charge >= 0.3 is 0 Å². The third-order valence-corrected chi connectivity index (χ3v) is 3.67. The molecule has 1 amide bonds. The number of anilines is 1. The van der Waals surface area contributed by atoms with Crippen LogP contribution in [-0.2, 0) is 4.79 Å². The monoisotopic (exact) mass is 277 g/mol. The minimum absolute atomic E-state index is 0.143. The summed E-state index contributed by atoms with van der Waals surface area (Å²) in [4.78, 5) is 16.0. The van der Waals surface area contributed by atoms with Crippen molar-refractivity contribution in [2.75, 3.05) is 31.1 Å². The maximum Gasteiger partial charge on any atom is 0.219 e. The first-order chi connectivity index (χ1) is 9.09. The number of carbonyl (C=O) groups is 1. The van der Waals surface area contributed by atoms with E-state index in [1.807, 2.05) is 29.2 Å². The lowest BCUT2D eigenvalue weighted by Gasteiger charge is -2.25. The highest BCUT2D eigenvalue weighted by molar-refractivity contribution is 7.80. The number of para-hydroxylation sites is 1. The van der Waals surface area contributed by atoms with Crippen LogP contribution < -0.4 is 10.6 Å². The normalized spacial score (nSPS) is 16.1. The van der Waals surface area contributed by atoms with E-state index in [1.165, 1.54) is 0 Å². The van der Waals surface area contributed by atoms with Crippen molar-refractivity contribution >= 4 is 28.8 Å². The number of nitrogens with zero attached hydrogens (tertiary/aromatic N) is 2. The molecule has 102 valence electrons. The quantitative estimate of drug-likeness (QED) is 0.830. The lowest BCUT2D eigenvalue weighted by molar-refractivity contribution is -0.128. The summed E-state index contributed by atoms with van der Waals surface area (Å²) >= 11 is 5.10. The maximum atomic E-state index is 11.4. The van der Waals surface area contributed by atoms with Gasteiger partial charge in [0.25, 0.3) is 0 Å². The van der Waals surface area contributed by atoms with E-state index in [2.05, 4.69) is 4.90 Å². The Morgan fingerprint density at radius 1 is 1.21 bits per heavy atom. The Morgan fingerprint density at radius 2 is 1.95 bits per heavy atom. The van der Waals surface area contributed by atoms with Gasteiger partial charge in [-0.05, 0) is 18.6 Å². The van der Waals surface area contributed by atoms with Crippen LogP contribution in [0.25, 0.3) is 0 Å². The molecule has 1 saturated heterocycles. The summed E-state index contributed by atoms with van der Waals surface area (Å²) in [5.74, 6) is 0.143. The van der Waals surface area contributed by atoms with Gasteiger partial charge in [0.15, 0.2) is 0 Å². The van der Waals surface area contributed by atoms with Gasteiger partial charge < -0.3 is 15.5 Å². The highest BCUT2D eigenvalue weighted by Gasteiger charge is 2.18. The standard InChI is InChI=1S/C14H19N3OS/c1-11(18)16-7-4-8-17(10-9-16)13-6-3-2-5-12(13)14(15)19/h2-3,5-6H,4,7-10H2,1H3,(H2,15,19). The van der Waals surface area contributed by atoms with Crippen LogP contribution in [0.4, 0.5) is 5.69 Å².